The second-order valence-electron chi connectivity index (χ2n) is 2.68. The average Bonchev–Trinajstić information content (AvgIpc) is 1.98. The first kappa shape index (κ1) is 6.55. The van der Waals surface area contributed by atoms with E-state index in [1.54, 1.807) is 0 Å². The highest BCUT2D eigenvalue weighted by molar-refractivity contribution is 5.84. The lowest BCUT2D eigenvalue weighted by Gasteiger charge is -2.08. The second-order valence-corrected chi connectivity index (χ2v) is 2.68. The van der Waals surface area contributed by atoms with E-state index in [0.29, 0.717) is 0 Å². The Hall–Kier alpha value is -0.570. The summed E-state index contributed by atoms with van der Waals surface area (Å²) in [5.74, 6) is 0.257. The molecule has 1 unspecified atom stereocenters. The Labute approximate surface area is 54.6 Å². The minimum Gasteiger partial charge on any atom is -0.352 e. The summed E-state index contributed by atoms with van der Waals surface area (Å²) in [5.41, 5.74) is 5.50. The Morgan fingerprint density at radius 2 is 2.11 bits per heavy atom. The third-order valence-electron chi connectivity index (χ3n) is 2.03. The van der Waals surface area contributed by atoms with Crippen molar-refractivity contribution in [1.82, 2.24) is 5.32 Å². The monoisotopic (exact) mass is 128 g/mol. The van der Waals surface area contributed by atoms with Crippen molar-refractivity contribution < 1.29 is 4.79 Å². The molecule has 0 bridgehead atoms. The Bertz CT molecular complexity index is 135. The van der Waals surface area contributed by atoms with Crippen molar-refractivity contribution in [2.24, 2.45) is 11.7 Å². The van der Waals surface area contributed by atoms with Crippen LogP contribution in [-0.4, -0.2) is 18.0 Å². The molecule has 3 nitrogen and oxygen atoms in total. The smallest absolute Gasteiger partial charge is 0.237 e. The maximum Gasteiger partial charge on any atom is 0.237 e. The highest BCUT2D eigenvalue weighted by Crippen LogP contribution is 2.13. The first-order valence-corrected chi connectivity index (χ1v) is 3.19. The number of hydrogen-bond donors (Lipinski definition) is 2. The summed E-state index contributed by atoms with van der Waals surface area (Å²) < 4.78 is 0. The molecule has 1 heterocycles. The predicted molar refractivity (Wildman–Crippen MR) is 34.7 cm³/mol. The summed E-state index contributed by atoms with van der Waals surface area (Å²) >= 11 is 0. The van der Waals surface area contributed by atoms with Crippen LogP contribution in [0, 0.1) is 5.92 Å². The van der Waals surface area contributed by atoms with Crippen molar-refractivity contribution in [3.05, 3.63) is 0 Å². The molecule has 9 heavy (non-hydrogen) atoms. The molecule has 0 aromatic rings. The van der Waals surface area contributed by atoms with Crippen LogP contribution in [0.2, 0.25) is 0 Å². The fourth-order valence-corrected chi connectivity index (χ4v) is 1.00. The molecular formula is C6H12N2O. The van der Waals surface area contributed by atoms with Gasteiger partial charge in [-0.25, -0.2) is 0 Å². The SMILES string of the molecule is CC1NC(=O)[C@@H](N)[C@H]1C. The van der Waals surface area contributed by atoms with E-state index in [9.17, 15) is 4.79 Å². The van der Waals surface area contributed by atoms with Gasteiger partial charge in [-0.1, -0.05) is 6.92 Å². The first-order valence-electron chi connectivity index (χ1n) is 3.19. The van der Waals surface area contributed by atoms with Crippen LogP contribution in [0.15, 0.2) is 0 Å². The lowest BCUT2D eigenvalue weighted by atomic mass is 10.0. The van der Waals surface area contributed by atoms with Gasteiger partial charge in [0.25, 0.3) is 0 Å². The van der Waals surface area contributed by atoms with Crippen molar-refractivity contribution in [2.75, 3.05) is 0 Å². The zero-order valence-electron chi connectivity index (χ0n) is 5.72. The highest BCUT2D eigenvalue weighted by atomic mass is 16.2. The third kappa shape index (κ3) is 0.920. The minimum absolute atomic E-state index is 0.0185. The van der Waals surface area contributed by atoms with Gasteiger partial charge in [0.15, 0.2) is 0 Å². The van der Waals surface area contributed by atoms with Crippen molar-refractivity contribution in [2.45, 2.75) is 25.9 Å². The molecule has 0 saturated carbocycles. The Balaban J connectivity index is 2.65. The summed E-state index contributed by atoms with van der Waals surface area (Å²) in [6.07, 6.45) is 0. The number of amides is 1. The standard InChI is InChI=1S/C6H12N2O/c1-3-4(2)8-6(9)5(3)7/h3-5H,7H2,1-2H3,(H,8,9)/t3-,4?,5-/m0/s1. The quantitative estimate of drug-likeness (QED) is 0.460. The fourth-order valence-electron chi connectivity index (χ4n) is 1.00. The lowest BCUT2D eigenvalue weighted by molar-refractivity contribution is -0.120. The third-order valence-corrected chi connectivity index (χ3v) is 2.03. The Morgan fingerprint density at radius 3 is 2.22 bits per heavy atom. The van der Waals surface area contributed by atoms with Crippen LogP contribution in [0.4, 0.5) is 0 Å². The van der Waals surface area contributed by atoms with Crippen molar-refractivity contribution >= 4 is 5.91 Å². The van der Waals surface area contributed by atoms with E-state index in [4.69, 9.17) is 5.73 Å². The van der Waals surface area contributed by atoms with Crippen LogP contribution in [0.5, 0.6) is 0 Å². The van der Waals surface area contributed by atoms with Gasteiger partial charge in [0.05, 0.1) is 6.04 Å². The summed E-state index contributed by atoms with van der Waals surface area (Å²) in [6.45, 7) is 3.95. The highest BCUT2D eigenvalue weighted by Gasteiger charge is 2.33. The number of nitrogens with one attached hydrogen (secondary N) is 1. The first-order chi connectivity index (χ1) is 4.13. The van der Waals surface area contributed by atoms with Gasteiger partial charge < -0.3 is 11.1 Å². The van der Waals surface area contributed by atoms with Gasteiger partial charge in [0.1, 0.15) is 0 Å². The maximum atomic E-state index is 10.8. The van der Waals surface area contributed by atoms with E-state index in [1.165, 1.54) is 0 Å². The topological polar surface area (TPSA) is 55.1 Å². The average molecular weight is 128 g/mol. The zero-order valence-corrected chi connectivity index (χ0v) is 5.72. The van der Waals surface area contributed by atoms with E-state index in [2.05, 4.69) is 5.32 Å². The molecule has 3 heteroatoms. The molecular weight excluding hydrogens is 116 g/mol. The van der Waals surface area contributed by atoms with Crippen LogP contribution in [0.1, 0.15) is 13.8 Å². The number of hydrogen-bond acceptors (Lipinski definition) is 2. The molecule has 0 radical (unpaired) electrons. The van der Waals surface area contributed by atoms with E-state index in [1.807, 2.05) is 13.8 Å². The van der Waals surface area contributed by atoms with Crippen LogP contribution in [0.3, 0.4) is 0 Å². The van der Waals surface area contributed by atoms with Gasteiger partial charge in [0, 0.05) is 12.0 Å². The summed E-state index contributed by atoms with van der Waals surface area (Å²) in [7, 11) is 0. The van der Waals surface area contributed by atoms with E-state index in [-0.39, 0.29) is 23.9 Å². The largest absolute Gasteiger partial charge is 0.352 e. The summed E-state index contributed by atoms with van der Waals surface area (Å²) in [6, 6.07) is -0.0486. The molecule has 3 N–H and O–H groups in total. The Kier molecular flexibility index (Phi) is 1.45. The van der Waals surface area contributed by atoms with Crippen LogP contribution < -0.4 is 11.1 Å². The molecule has 0 spiro atoms. The zero-order chi connectivity index (χ0) is 7.02. The summed E-state index contributed by atoms with van der Waals surface area (Å²) in [4.78, 5) is 10.8. The predicted octanol–water partition coefficient (Wildman–Crippen LogP) is -0.532. The van der Waals surface area contributed by atoms with Crippen LogP contribution in [0.25, 0.3) is 0 Å². The maximum absolute atomic E-state index is 10.8. The number of carbonyl (C=O) groups excluding carboxylic acids is 1. The van der Waals surface area contributed by atoms with Gasteiger partial charge in [-0.05, 0) is 6.92 Å². The molecule has 0 aromatic heterocycles. The van der Waals surface area contributed by atoms with E-state index < -0.39 is 0 Å². The van der Waals surface area contributed by atoms with Crippen LogP contribution in [-0.2, 0) is 4.79 Å². The van der Waals surface area contributed by atoms with Crippen molar-refractivity contribution in [3.8, 4) is 0 Å². The minimum atomic E-state index is -0.292. The lowest BCUT2D eigenvalue weighted by Crippen LogP contribution is -2.32. The molecule has 1 amide bonds. The van der Waals surface area contributed by atoms with Gasteiger partial charge in [0.2, 0.25) is 5.91 Å². The van der Waals surface area contributed by atoms with Gasteiger partial charge >= 0.3 is 0 Å². The van der Waals surface area contributed by atoms with Gasteiger partial charge in [-0.15, -0.1) is 0 Å². The Morgan fingerprint density at radius 1 is 1.56 bits per heavy atom. The van der Waals surface area contributed by atoms with Crippen molar-refractivity contribution in [1.29, 1.82) is 0 Å². The van der Waals surface area contributed by atoms with E-state index >= 15 is 0 Å². The molecule has 1 aliphatic rings. The molecule has 1 fully saturated rings. The molecule has 3 atom stereocenters. The van der Waals surface area contributed by atoms with E-state index in [0.717, 1.165) is 0 Å². The molecule has 1 rings (SSSR count). The molecule has 1 aliphatic heterocycles. The molecule has 52 valence electrons. The number of nitrogens with two attached hydrogens (primary N) is 1. The summed E-state index contributed by atoms with van der Waals surface area (Å²) in [5, 5.41) is 2.75. The number of rotatable bonds is 0. The van der Waals surface area contributed by atoms with Crippen LogP contribution >= 0.6 is 0 Å². The molecule has 0 aromatic carbocycles. The van der Waals surface area contributed by atoms with Gasteiger partial charge in [-0.3, -0.25) is 4.79 Å². The molecule has 1 saturated heterocycles. The van der Waals surface area contributed by atoms with Crippen molar-refractivity contribution in [3.63, 3.8) is 0 Å². The van der Waals surface area contributed by atoms with Gasteiger partial charge in [-0.2, -0.15) is 0 Å². The second kappa shape index (κ2) is 1.99. The number of carbonyl (C=O) groups is 1. The molecule has 0 aliphatic carbocycles. The fraction of sp³-hybridized carbons (Fsp3) is 0.833. The normalized spacial score (nSPS) is 43.0.